The van der Waals surface area contributed by atoms with Gasteiger partial charge in [0.2, 0.25) is 0 Å². The first-order valence-electron chi connectivity index (χ1n) is 10.4. The summed E-state index contributed by atoms with van der Waals surface area (Å²) >= 11 is 1.80. The number of hydrogen-bond acceptors (Lipinski definition) is 4. The summed E-state index contributed by atoms with van der Waals surface area (Å²) in [5.41, 5.74) is 5.26. The van der Waals surface area contributed by atoms with Crippen LogP contribution >= 0.6 is 11.3 Å². The number of thiophene rings is 1. The lowest BCUT2D eigenvalue weighted by atomic mass is 9.69. The van der Waals surface area contributed by atoms with E-state index in [1.54, 1.807) is 11.3 Å². The highest BCUT2D eigenvalue weighted by molar-refractivity contribution is 7.19. The Morgan fingerprint density at radius 2 is 1.93 bits per heavy atom. The van der Waals surface area contributed by atoms with E-state index in [2.05, 4.69) is 72.7 Å². The van der Waals surface area contributed by atoms with Gasteiger partial charge < -0.3 is 5.32 Å². The molecule has 1 aliphatic heterocycles. The molecule has 0 fully saturated rings. The van der Waals surface area contributed by atoms with Gasteiger partial charge in [-0.3, -0.25) is 9.78 Å². The minimum absolute atomic E-state index is 0.0243. The Balaban J connectivity index is 1.67. The molecule has 4 aromatic rings. The molecule has 148 valence electrons. The van der Waals surface area contributed by atoms with Crippen LogP contribution in [0.25, 0.3) is 21.0 Å². The van der Waals surface area contributed by atoms with Gasteiger partial charge in [-0.1, -0.05) is 38.1 Å². The number of benzene rings is 2. The Kier molecular flexibility index (Phi) is 3.72. The zero-order valence-electron chi connectivity index (χ0n) is 17.0. The van der Waals surface area contributed by atoms with Crippen molar-refractivity contribution in [1.29, 1.82) is 0 Å². The van der Waals surface area contributed by atoms with E-state index in [0.29, 0.717) is 6.42 Å². The van der Waals surface area contributed by atoms with Gasteiger partial charge >= 0.3 is 0 Å². The number of aromatic nitrogens is 1. The second-order valence-electron chi connectivity index (χ2n) is 9.17. The quantitative estimate of drug-likeness (QED) is 0.382. The van der Waals surface area contributed by atoms with Crippen LogP contribution in [0, 0.1) is 5.41 Å². The molecule has 1 N–H and O–H groups in total. The van der Waals surface area contributed by atoms with Gasteiger partial charge in [-0.05, 0) is 53.1 Å². The molecular formula is C26H22N2OS. The molecule has 2 aliphatic rings. The van der Waals surface area contributed by atoms with Gasteiger partial charge in [0.25, 0.3) is 0 Å². The van der Waals surface area contributed by atoms with Crippen LogP contribution in [-0.2, 0) is 4.79 Å². The van der Waals surface area contributed by atoms with Crippen molar-refractivity contribution in [3.8, 4) is 0 Å². The van der Waals surface area contributed by atoms with Crippen LogP contribution < -0.4 is 5.32 Å². The normalized spacial score (nSPS) is 20.2. The summed E-state index contributed by atoms with van der Waals surface area (Å²) in [6.07, 6.45) is 3.31. The number of hydrogen-bond donors (Lipinski definition) is 1. The molecule has 2 aromatic heterocycles. The largest absolute Gasteiger partial charge is 0.358 e. The lowest BCUT2D eigenvalue weighted by Crippen LogP contribution is -2.33. The van der Waals surface area contributed by atoms with Crippen LogP contribution in [0.2, 0.25) is 0 Å². The third kappa shape index (κ3) is 2.63. The van der Waals surface area contributed by atoms with Crippen LogP contribution in [0.15, 0.2) is 72.1 Å². The second-order valence-corrected chi connectivity index (χ2v) is 10.3. The zero-order chi connectivity index (χ0) is 20.5. The first-order chi connectivity index (χ1) is 14.5. The van der Waals surface area contributed by atoms with E-state index in [-0.39, 0.29) is 17.1 Å². The van der Waals surface area contributed by atoms with Crippen molar-refractivity contribution < 1.29 is 4.79 Å². The smallest absolute Gasteiger partial charge is 0.162 e. The topological polar surface area (TPSA) is 42.0 Å². The maximum Gasteiger partial charge on any atom is 0.162 e. The van der Waals surface area contributed by atoms with E-state index < -0.39 is 0 Å². The number of rotatable bonds is 1. The number of ketones is 1. The molecule has 1 atom stereocenters. The average Bonchev–Trinajstić information content (AvgIpc) is 3.15. The number of pyridine rings is 1. The molecule has 3 heterocycles. The van der Waals surface area contributed by atoms with Crippen molar-refractivity contribution >= 4 is 43.8 Å². The predicted molar refractivity (Wildman–Crippen MR) is 124 cm³/mol. The lowest BCUT2D eigenvalue weighted by molar-refractivity contribution is -0.118. The number of anilines is 1. The number of nitrogens with one attached hydrogen (secondary N) is 1. The van der Waals surface area contributed by atoms with Crippen LogP contribution in [0.5, 0.6) is 0 Å². The Hall–Kier alpha value is -2.98. The minimum atomic E-state index is -0.0508. The third-order valence-corrected chi connectivity index (χ3v) is 7.52. The van der Waals surface area contributed by atoms with Crippen LogP contribution in [0.1, 0.15) is 43.0 Å². The van der Waals surface area contributed by atoms with Crippen molar-refractivity contribution in [3.05, 3.63) is 82.5 Å². The van der Waals surface area contributed by atoms with Crippen molar-refractivity contribution in [2.75, 3.05) is 5.32 Å². The SMILES string of the molecule is CC1(C)CC(=O)C2=C(C1)Nc1ccc3ncccc3c1C2c1cc2ccccc2s1. The number of fused-ring (bicyclic) bond motifs is 4. The molecular weight excluding hydrogens is 388 g/mol. The van der Waals surface area contributed by atoms with E-state index >= 15 is 0 Å². The molecule has 0 saturated heterocycles. The molecule has 0 amide bonds. The van der Waals surface area contributed by atoms with E-state index in [1.807, 2.05) is 12.3 Å². The molecule has 6 rings (SSSR count). The minimum Gasteiger partial charge on any atom is -0.358 e. The predicted octanol–water partition coefficient (Wildman–Crippen LogP) is 6.65. The van der Waals surface area contributed by atoms with Crippen LogP contribution in [0.3, 0.4) is 0 Å². The van der Waals surface area contributed by atoms with Crippen LogP contribution in [-0.4, -0.2) is 10.8 Å². The Morgan fingerprint density at radius 3 is 2.80 bits per heavy atom. The number of carbonyl (C=O) groups excluding carboxylic acids is 1. The number of Topliss-reactive ketones (excluding diaryl/α,β-unsaturated/α-hetero) is 1. The van der Waals surface area contributed by atoms with Crippen molar-refractivity contribution in [2.24, 2.45) is 5.41 Å². The summed E-state index contributed by atoms with van der Waals surface area (Å²) in [6, 6.07) is 19.1. The molecule has 0 radical (unpaired) electrons. The fourth-order valence-electron chi connectivity index (χ4n) is 5.11. The van der Waals surface area contributed by atoms with Crippen molar-refractivity contribution in [2.45, 2.75) is 32.6 Å². The van der Waals surface area contributed by atoms with Gasteiger partial charge in [-0.15, -0.1) is 11.3 Å². The number of nitrogens with zero attached hydrogens (tertiary/aromatic N) is 1. The summed E-state index contributed by atoms with van der Waals surface area (Å²) in [6.45, 7) is 4.37. The number of allylic oxidation sites excluding steroid dienone is 2. The summed E-state index contributed by atoms with van der Waals surface area (Å²) in [7, 11) is 0. The van der Waals surface area contributed by atoms with Crippen molar-refractivity contribution in [1.82, 2.24) is 4.98 Å². The highest BCUT2D eigenvalue weighted by atomic mass is 32.1. The maximum absolute atomic E-state index is 13.5. The summed E-state index contributed by atoms with van der Waals surface area (Å²) in [4.78, 5) is 19.3. The highest BCUT2D eigenvalue weighted by Gasteiger charge is 2.41. The third-order valence-electron chi connectivity index (χ3n) is 6.34. The fourth-order valence-corrected chi connectivity index (χ4v) is 6.30. The monoisotopic (exact) mass is 410 g/mol. The van der Waals surface area contributed by atoms with E-state index in [1.165, 1.54) is 20.5 Å². The molecule has 1 aliphatic carbocycles. The summed E-state index contributed by atoms with van der Waals surface area (Å²) in [5, 5.41) is 6.00. The van der Waals surface area contributed by atoms with Gasteiger partial charge in [-0.25, -0.2) is 0 Å². The molecule has 3 nitrogen and oxygen atoms in total. The number of carbonyl (C=O) groups is 1. The van der Waals surface area contributed by atoms with Gasteiger partial charge in [0, 0.05) is 44.5 Å². The summed E-state index contributed by atoms with van der Waals surface area (Å²) in [5.74, 6) is 0.216. The molecule has 0 spiro atoms. The lowest BCUT2D eigenvalue weighted by Gasteiger charge is -2.39. The first kappa shape index (κ1) is 17.8. The first-order valence-corrected chi connectivity index (χ1v) is 11.2. The zero-order valence-corrected chi connectivity index (χ0v) is 17.8. The van der Waals surface area contributed by atoms with E-state index in [9.17, 15) is 4.79 Å². The van der Waals surface area contributed by atoms with Crippen molar-refractivity contribution in [3.63, 3.8) is 0 Å². The maximum atomic E-state index is 13.5. The summed E-state index contributed by atoms with van der Waals surface area (Å²) < 4.78 is 1.26. The fraction of sp³-hybridized carbons (Fsp3) is 0.231. The van der Waals surface area contributed by atoms with Gasteiger partial charge in [0.05, 0.1) is 11.4 Å². The van der Waals surface area contributed by atoms with E-state index in [4.69, 9.17) is 0 Å². The molecule has 4 heteroatoms. The molecule has 2 aromatic carbocycles. The molecule has 0 bridgehead atoms. The standard InChI is InChI=1S/C26H22N2OS/c1-26(2)13-19-24(20(29)14-26)25(22-12-15-6-3-4-8-21(15)30-22)23-16-7-5-11-27-17(16)9-10-18(23)28-19/h3-12,25,28H,13-14H2,1-2H3. The Labute approximate surface area is 179 Å². The Bertz CT molecular complexity index is 1350. The van der Waals surface area contributed by atoms with Crippen LogP contribution in [0.4, 0.5) is 5.69 Å². The van der Waals surface area contributed by atoms with Gasteiger partial charge in [-0.2, -0.15) is 0 Å². The Morgan fingerprint density at radius 1 is 1.07 bits per heavy atom. The molecule has 1 unspecified atom stereocenters. The average molecular weight is 411 g/mol. The molecule has 0 saturated carbocycles. The molecule has 30 heavy (non-hydrogen) atoms. The van der Waals surface area contributed by atoms with Gasteiger partial charge in [0.1, 0.15) is 0 Å². The van der Waals surface area contributed by atoms with E-state index in [0.717, 1.165) is 34.3 Å². The second kappa shape index (κ2) is 6.26. The van der Waals surface area contributed by atoms with Gasteiger partial charge in [0.15, 0.2) is 5.78 Å². The highest BCUT2D eigenvalue weighted by Crippen LogP contribution is 2.52.